The molecule has 0 spiro atoms. The van der Waals surface area contributed by atoms with E-state index in [4.69, 9.17) is 15.6 Å². The van der Waals surface area contributed by atoms with Crippen LogP contribution in [-0.4, -0.2) is 62.1 Å². The lowest BCUT2D eigenvalue weighted by molar-refractivity contribution is -0.121. The molecule has 0 radical (unpaired) electrons. The molecule has 32 heavy (non-hydrogen) atoms. The Morgan fingerprint density at radius 3 is 2.97 bits per heavy atom. The number of carbonyl (C=O) groups is 1. The molecule has 168 valence electrons. The second-order valence-electron chi connectivity index (χ2n) is 8.25. The van der Waals surface area contributed by atoms with Gasteiger partial charge in [-0.15, -0.1) is 11.8 Å². The van der Waals surface area contributed by atoms with Gasteiger partial charge in [-0.05, 0) is 20.3 Å². The number of hydrogen-bond acceptors (Lipinski definition) is 9. The lowest BCUT2D eigenvalue weighted by Crippen LogP contribution is -2.44. The zero-order chi connectivity index (χ0) is 22.4. The van der Waals surface area contributed by atoms with Crippen LogP contribution in [0.3, 0.4) is 0 Å². The number of aryl methyl sites for hydroxylation is 1. The zero-order valence-electron chi connectivity index (χ0n) is 18.3. The number of nitrogen functional groups attached to an aromatic ring is 1. The fourth-order valence-electron chi connectivity index (χ4n) is 4.47. The number of thioether (sulfide) groups is 1. The normalized spacial score (nSPS) is 20.4. The van der Waals surface area contributed by atoms with E-state index in [2.05, 4.69) is 25.6 Å². The molecule has 0 aromatic carbocycles. The van der Waals surface area contributed by atoms with Gasteiger partial charge in [0.25, 0.3) is 0 Å². The Hall–Kier alpha value is -2.92. The third kappa shape index (κ3) is 3.65. The summed E-state index contributed by atoms with van der Waals surface area (Å²) in [5.41, 5.74) is 10.5. The predicted octanol–water partition coefficient (Wildman–Crippen LogP) is 0.972. The number of hydrogen-bond donors (Lipinski definition) is 3. The summed E-state index contributed by atoms with van der Waals surface area (Å²) in [5, 5.41) is 13.1. The summed E-state index contributed by atoms with van der Waals surface area (Å²) in [4.78, 5) is 25.7. The van der Waals surface area contributed by atoms with Crippen molar-refractivity contribution in [3.05, 3.63) is 28.7 Å². The summed E-state index contributed by atoms with van der Waals surface area (Å²) < 4.78 is 7.41. The molecular formula is C21H26N8O2S. The predicted molar refractivity (Wildman–Crippen MR) is 122 cm³/mol. The van der Waals surface area contributed by atoms with E-state index < -0.39 is 0 Å². The molecule has 2 aliphatic rings. The van der Waals surface area contributed by atoms with Gasteiger partial charge < -0.3 is 21.1 Å². The van der Waals surface area contributed by atoms with Gasteiger partial charge in [0.2, 0.25) is 11.9 Å². The molecule has 1 saturated heterocycles. The van der Waals surface area contributed by atoms with Gasteiger partial charge in [0.15, 0.2) is 5.65 Å². The van der Waals surface area contributed by atoms with Crippen molar-refractivity contribution in [3.8, 4) is 5.75 Å². The van der Waals surface area contributed by atoms with Crippen LogP contribution < -0.4 is 21.1 Å². The number of nitrogens with zero attached hydrogens (tertiary/aromatic N) is 5. The molecule has 1 fully saturated rings. The second-order valence-corrected chi connectivity index (χ2v) is 9.26. The number of nitrogens with one attached hydrogen (secondary N) is 2. The number of carbonyl (C=O) groups excluding carboxylic acids is 1. The van der Waals surface area contributed by atoms with Gasteiger partial charge in [-0.2, -0.15) is 10.1 Å². The molecule has 2 aliphatic heterocycles. The van der Waals surface area contributed by atoms with Crippen molar-refractivity contribution in [2.24, 2.45) is 0 Å². The largest absolute Gasteiger partial charge is 0.496 e. The molecule has 3 aromatic rings. The number of anilines is 1. The summed E-state index contributed by atoms with van der Waals surface area (Å²) in [7, 11) is 1.67. The van der Waals surface area contributed by atoms with Gasteiger partial charge in [-0.3, -0.25) is 9.78 Å². The number of rotatable bonds is 5. The number of amides is 1. The Bertz CT molecular complexity index is 1210. The van der Waals surface area contributed by atoms with Crippen LogP contribution in [0.2, 0.25) is 0 Å². The Morgan fingerprint density at radius 1 is 1.38 bits per heavy atom. The third-order valence-corrected chi connectivity index (χ3v) is 7.18. The lowest BCUT2D eigenvalue weighted by Gasteiger charge is -2.19. The monoisotopic (exact) mass is 454 g/mol. The van der Waals surface area contributed by atoms with Crippen molar-refractivity contribution in [1.29, 1.82) is 0 Å². The first-order valence-electron chi connectivity index (χ1n) is 10.6. The minimum Gasteiger partial charge on any atom is -0.496 e. The minimum atomic E-state index is -0.164. The van der Waals surface area contributed by atoms with E-state index in [9.17, 15) is 4.79 Å². The fraction of sp³-hybridized carbons (Fsp3) is 0.476. The van der Waals surface area contributed by atoms with Crippen LogP contribution in [0.25, 0.3) is 11.0 Å². The highest BCUT2D eigenvalue weighted by atomic mass is 32.2. The molecule has 11 heteroatoms. The smallest absolute Gasteiger partial charge is 0.237 e. The standard InChI is InChI=1S/C21H26N8O2S/c1-10-7-24-15(11(2)17(10)31-3)8-29-18-16-14(28-29)6-12(25-13-4-5-23-19(13)30)9-32-20(16)27-21(22)26-18/h7,12-13,25H,4-6,8-9H2,1-3H3,(H,23,30)(H2,22,26,27)/t12?,13-/m0/s1. The van der Waals surface area contributed by atoms with Crippen LogP contribution in [0.15, 0.2) is 11.2 Å². The van der Waals surface area contributed by atoms with Crippen molar-refractivity contribution < 1.29 is 9.53 Å². The Morgan fingerprint density at radius 2 is 2.22 bits per heavy atom. The van der Waals surface area contributed by atoms with Crippen molar-refractivity contribution in [2.45, 2.75) is 50.3 Å². The lowest BCUT2D eigenvalue weighted by atomic mass is 10.1. The van der Waals surface area contributed by atoms with E-state index >= 15 is 0 Å². The number of aromatic nitrogens is 5. The van der Waals surface area contributed by atoms with Gasteiger partial charge in [-0.1, -0.05) is 0 Å². The Balaban J connectivity index is 1.51. The summed E-state index contributed by atoms with van der Waals surface area (Å²) in [6.45, 7) is 5.14. The molecular weight excluding hydrogens is 428 g/mol. The van der Waals surface area contributed by atoms with E-state index in [1.807, 2.05) is 24.7 Å². The van der Waals surface area contributed by atoms with Gasteiger partial charge >= 0.3 is 0 Å². The van der Waals surface area contributed by atoms with E-state index in [1.165, 1.54) is 0 Å². The highest BCUT2D eigenvalue weighted by Crippen LogP contribution is 2.34. The summed E-state index contributed by atoms with van der Waals surface area (Å²) in [5.74, 6) is 1.89. The highest BCUT2D eigenvalue weighted by molar-refractivity contribution is 7.99. The molecule has 1 amide bonds. The van der Waals surface area contributed by atoms with Crippen LogP contribution in [0.1, 0.15) is 28.9 Å². The molecule has 1 unspecified atom stereocenters. The van der Waals surface area contributed by atoms with Crippen LogP contribution in [-0.2, 0) is 17.8 Å². The SMILES string of the molecule is COc1c(C)cnc(Cn2nc3c4c(nc(N)nc42)SCC(N[C@H]2CCNC2=O)C3)c1C. The van der Waals surface area contributed by atoms with Crippen molar-refractivity contribution in [2.75, 3.05) is 25.1 Å². The maximum atomic E-state index is 12.0. The average Bonchev–Trinajstić information content (AvgIpc) is 3.26. The van der Waals surface area contributed by atoms with Gasteiger partial charge in [-0.25, -0.2) is 9.67 Å². The van der Waals surface area contributed by atoms with Crippen LogP contribution in [0.4, 0.5) is 5.95 Å². The molecule has 4 N–H and O–H groups in total. The molecule has 3 aromatic heterocycles. The first kappa shape index (κ1) is 21.0. The van der Waals surface area contributed by atoms with Crippen molar-refractivity contribution in [3.63, 3.8) is 0 Å². The molecule has 10 nitrogen and oxygen atoms in total. The minimum absolute atomic E-state index is 0.0614. The first-order valence-corrected chi connectivity index (χ1v) is 11.6. The molecule has 0 aliphatic carbocycles. The van der Waals surface area contributed by atoms with Crippen molar-refractivity contribution in [1.82, 2.24) is 35.4 Å². The second kappa shape index (κ2) is 8.21. The van der Waals surface area contributed by atoms with E-state index in [-0.39, 0.29) is 23.9 Å². The number of nitrogens with two attached hydrogens (primary N) is 1. The van der Waals surface area contributed by atoms with Gasteiger partial charge in [0, 0.05) is 42.1 Å². The number of ether oxygens (including phenoxy) is 1. The average molecular weight is 455 g/mol. The Labute approximate surface area is 189 Å². The third-order valence-electron chi connectivity index (χ3n) is 6.04. The maximum Gasteiger partial charge on any atom is 0.237 e. The number of pyridine rings is 1. The molecule has 0 saturated carbocycles. The van der Waals surface area contributed by atoms with Crippen LogP contribution in [0.5, 0.6) is 5.75 Å². The van der Waals surface area contributed by atoms with Crippen LogP contribution in [0, 0.1) is 13.8 Å². The molecule has 5 heterocycles. The maximum absolute atomic E-state index is 12.0. The van der Waals surface area contributed by atoms with E-state index in [1.54, 1.807) is 18.9 Å². The Kier molecular flexibility index (Phi) is 5.38. The summed E-state index contributed by atoms with van der Waals surface area (Å²) in [6.07, 6.45) is 3.29. The molecule has 2 atom stereocenters. The van der Waals surface area contributed by atoms with Gasteiger partial charge in [0.05, 0.1) is 36.5 Å². The van der Waals surface area contributed by atoms with Crippen LogP contribution >= 0.6 is 11.8 Å². The topological polar surface area (TPSA) is 133 Å². The van der Waals surface area contributed by atoms with Gasteiger partial charge in [0.1, 0.15) is 10.8 Å². The summed E-state index contributed by atoms with van der Waals surface area (Å²) in [6, 6.07) is -0.0717. The van der Waals surface area contributed by atoms with E-state index in [0.29, 0.717) is 25.2 Å². The summed E-state index contributed by atoms with van der Waals surface area (Å²) >= 11 is 1.63. The fourth-order valence-corrected chi connectivity index (χ4v) is 5.56. The molecule has 5 rings (SSSR count). The van der Waals surface area contributed by atoms with Crippen molar-refractivity contribution >= 4 is 34.7 Å². The highest BCUT2D eigenvalue weighted by Gasteiger charge is 2.30. The van der Waals surface area contributed by atoms with E-state index in [0.717, 1.165) is 50.9 Å². The first-order chi connectivity index (χ1) is 15.4. The zero-order valence-corrected chi connectivity index (χ0v) is 19.1. The number of methoxy groups -OCH3 is 1. The molecule has 0 bridgehead atoms. The quantitative estimate of drug-likeness (QED) is 0.482.